The zero-order chi connectivity index (χ0) is 23.9. The lowest BCUT2D eigenvalue weighted by atomic mass is 9.95. The van der Waals surface area contributed by atoms with Gasteiger partial charge in [0.05, 0.1) is 13.1 Å². The summed E-state index contributed by atoms with van der Waals surface area (Å²) < 4.78 is 1.92. The molecule has 1 aromatic heterocycles. The summed E-state index contributed by atoms with van der Waals surface area (Å²) in [6.45, 7) is 6.91. The molecule has 1 N–H and O–H groups in total. The van der Waals surface area contributed by atoms with E-state index in [4.69, 9.17) is 5.10 Å². The number of nitrogens with zero attached hydrogens (tertiary/aromatic N) is 4. The molecule has 2 fully saturated rings. The van der Waals surface area contributed by atoms with Crippen LogP contribution in [0.2, 0.25) is 0 Å². The Morgan fingerprint density at radius 1 is 1.09 bits per heavy atom. The summed E-state index contributed by atoms with van der Waals surface area (Å²) in [5.41, 5.74) is 3.49. The molecule has 0 radical (unpaired) electrons. The fraction of sp³-hybridized carbons (Fsp3) is 0.538. The summed E-state index contributed by atoms with van der Waals surface area (Å²) >= 11 is 0. The highest BCUT2D eigenvalue weighted by Gasteiger charge is 2.56. The van der Waals surface area contributed by atoms with Gasteiger partial charge in [-0.25, -0.2) is 0 Å². The first-order valence-electron chi connectivity index (χ1n) is 12.4. The molecule has 8 heteroatoms. The van der Waals surface area contributed by atoms with Crippen molar-refractivity contribution >= 4 is 17.7 Å². The van der Waals surface area contributed by atoms with Gasteiger partial charge in [-0.05, 0) is 30.2 Å². The lowest BCUT2D eigenvalue weighted by molar-refractivity contribution is -0.134. The van der Waals surface area contributed by atoms with Crippen LogP contribution in [-0.4, -0.2) is 63.5 Å². The van der Waals surface area contributed by atoms with Gasteiger partial charge in [0, 0.05) is 49.8 Å². The van der Waals surface area contributed by atoms with Crippen LogP contribution in [0, 0.1) is 11.3 Å². The van der Waals surface area contributed by atoms with Gasteiger partial charge < -0.3 is 15.1 Å². The summed E-state index contributed by atoms with van der Waals surface area (Å²) in [5.74, 6) is -0.0810. The minimum atomic E-state index is -0.227. The Morgan fingerprint density at radius 3 is 2.53 bits per heavy atom. The van der Waals surface area contributed by atoms with Crippen molar-refractivity contribution in [2.24, 2.45) is 11.3 Å². The summed E-state index contributed by atoms with van der Waals surface area (Å²) in [4.78, 5) is 42.2. The Hall–Kier alpha value is -3.16. The first-order chi connectivity index (χ1) is 16.5. The molecule has 1 aliphatic carbocycles. The maximum Gasteiger partial charge on any atom is 0.275 e. The molecule has 3 amide bonds. The number of hydrogen-bond acceptors (Lipinski definition) is 4. The summed E-state index contributed by atoms with van der Waals surface area (Å²) in [6, 6.07) is 10.1. The van der Waals surface area contributed by atoms with Crippen LogP contribution < -0.4 is 5.32 Å². The number of aromatic nitrogens is 2. The van der Waals surface area contributed by atoms with Gasteiger partial charge in [0.2, 0.25) is 11.8 Å². The Bertz CT molecular complexity index is 1110. The summed E-state index contributed by atoms with van der Waals surface area (Å²) in [7, 11) is 0. The number of carbonyl (C=O) groups excluding carboxylic acids is 3. The van der Waals surface area contributed by atoms with Gasteiger partial charge in [0.25, 0.3) is 5.91 Å². The molecule has 1 aromatic carbocycles. The van der Waals surface area contributed by atoms with E-state index in [9.17, 15) is 14.4 Å². The number of fused-ring (bicyclic) bond motifs is 1. The number of nitrogens with one attached hydrogen (secondary N) is 1. The molecule has 0 bridgehead atoms. The molecule has 3 heterocycles. The average Bonchev–Trinajstić information content (AvgIpc) is 3.51. The Balaban J connectivity index is 1.44. The van der Waals surface area contributed by atoms with E-state index in [1.807, 2.05) is 39.9 Å². The van der Waals surface area contributed by atoms with Crippen molar-refractivity contribution in [3.63, 3.8) is 0 Å². The molecule has 1 saturated heterocycles. The second-order valence-electron chi connectivity index (χ2n) is 9.83. The van der Waals surface area contributed by atoms with Gasteiger partial charge in [-0.15, -0.1) is 0 Å². The van der Waals surface area contributed by atoms with Crippen LogP contribution in [0.1, 0.15) is 60.4 Å². The molecular formula is C26H33N5O3. The first-order valence-corrected chi connectivity index (χ1v) is 12.4. The van der Waals surface area contributed by atoms with Crippen molar-refractivity contribution in [1.29, 1.82) is 0 Å². The zero-order valence-corrected chi connectivity index (χ0v) is 20.0. The number of rotatable bonds is 6. The second kappa shape index (κ2) is 8.89. The predicted octanol–water partition coefficient (Wildman–Crippen LogP) is 2.21. The van der Waals surface area contributed by atoms with Crippen molar-refractivity contribution in [1.82, 2.24) is 24.9 Å². The summed E-state index contributed by atoms with van der Waals surface area (Å²) in [5, 5.41) is 7.53. The van der Waals surface area contributed by atoms with E-state index in [-0.39, 0.29) is 35.6 Å². The smallest absolute Gasteiger partial charge is 0.275 e. The van der Waals surface area contributed by atoms with Crippen molar-refractivity contribution in [3.8, 4) is 0 Å². The monoisotopic (exact) mass is 463 g/mol. The van der Waals surface area contributed by atoms with E-state index in [2.05, 4.69) is 19.2 Å². The highest BCUT2D eigenvalue weighted by atomic mass is 16.2. The van der Waals surface area contributed by atoms with E-state index >= 15 is 0 Å². The van der Waals surface area contributed by atoms with Crippen molar-refractivity contribution in [2.45, 2.75) is 52.6 Å². The highest BCUT2D eigenvalue weighted by molar-refractivity contribution is 5.97. The first kappa shape index (κ1) is 22.6. The van der Waals surface area contributed by atoms with E-state index in [1.165, 1.54) is 0 Å². The normalized spacial score (nSPS) is 21.1. The zero-order valence-electron chi connectivity index (χ0n) is 20.0. The Morgan fingerprint density at radius 2 is 1.85 bits per heavy atom. The highest BCUT2D eigenvalue weighted by Crippen LogP contribution is 2.58. The molecule has 180 valence electrons. The quantitative estimate of drug-likeness (QED) is 0.712. The topological polar surface area (TPSA) is 87.5 Å². The number of benzene rings is 1. The van der Waals surface area contributed by atoms with Crippen LogP contribution in [0.3, 0.4) is 0 Å². The van der Waals surface area contributed by atoms with Crippen molar-refractivity contribution < 1.29 is 14.4 Å². The molecule has 8 nitrogen and oxygen atoms in total. The largest absolute Gasteiger partial charge is 0.353 e. The molecular weight excluding hydrogens is 430 g/mol. The fourth-order valence-electron chi connectivity index (χ4n) is 5.65. The third kappa shape index (κ3) is 3.99. The lowest BCUT2D eigenvalue weighted by Crippen LogP contribution is -2.50. The van der Waals surface area contributed by atoms with Crippen molar-refractivity contribution in [3.05, 3.63) is 52.8 Å². The SMILES string of the molecule is CCC1(CC)CC1C(=O)N1CCc2c(c(C(=O)N3CCNC(=O)C3)nn2Cc2ccccc2)C1. The van der Waals surface area contributed by atoms with Crippen LogP contribution in [0.25, 0.3) is 0 Å². The maximum atomic E-state index is 13.5. The number of piperazine rings is 1. The maximum absolute atomic E-state index is 13.5. The van der Waals surface area contributed by atoms with E-state index in [1.54, 1.807) is 4.90 Å². The number of carbonyl (C=O) groups is 3. The van der Waals surface area contributed by atoms with Gasteiger partial charge in [-0.1, -0.05) is 44.2 Å². The molecule has 0 spiro atoms. The van der Waals surface area contributed by atoms with Crippen LogP contribution in [0.5, 0.6) is 0 Å². The standard InChI is InChI=1S/C26H33N5O3/c1-3-26(4-2)14-20(26)24(33)29-12-10-21-19(16-29)23(25(34)30-13-11-27-22(32)17-30)28-31(21)15-18-8-6-5-7-9-18/h5-9,20H,3-4,10-17H2,1-2H3,(H,27,32). The number of hydrogen-bond donors (Lipinski definition) is 1. The third-order valence-corrected chi connectivity index (χ3v) is 8.05. The minimum absolute atomic E-state index is 0.0411. The molecule has 1 atom stereocenters. The van der Waals surface area contributed by atoms with Crippen molar-refractivity contribution in [2.75, 3.05) is 26.2 Å². The summed E-state index contributed by atoms with van der Waals surface area (Å²) in [6.07, 6.45) is 3.68. The molecule has 1 saturated carbocycles. The van der Waals surface area contributed by atoms with Crippen LogP contribution >= 0.6 is 0 Å². The average molecular weight is 464 g/mol. The predicted molar refractivity (Wildman–Crippen MR) is 127 cm³/mol. The van der Waals surface area contributed by atoms with Gasteiger partial charge in [0.1, 0.15) is 0 Å². The van der Waals surface area contributed by atoms with E-state index in [0.717, 1.165) is 36.1 Å². The lowest BCUT2D eigenvalue weighted by Gasteiger charge is -2.30. The van der Waals surface area contributed by atoms with E-state index < -0.39 is 0 Å². The third-order valence-electron chi connectivity index (χ3n) is 8.05. The molecule has 2 aliphatic heterocycles. The van der Waals surface area contributed by atoms with E-state index in [0.29, 0.717) is 44.8 Å². The molecule has 2 aromatic rings. The minimum Gasteiger partial charge on any atom is -0.353 e. The molecule has 5 rings (SSSR count). The Labute approximate surface area is 200 Å². The molecule has 3 aliphatic rings. The number of amides is 3. The molecule has 34 heavy (non-hydrogen) atoms. The van der Waals surface area contributed by atoms with Gasteiger partial charge in [-0.3, -0.25) is 19.1 Å². The molecule has 1 unspecified atom stereocenters. The Kier molecular flexibility index (Phi) is 5.91. The second-order valence-corrected chi connectivity index (χ2v) is 9.83. The van der Waals surface area contributed by atoms with Gasteiger partial charge >= 0.3 is 0 Å². The van der Waals surface area contributed by atoms with Crippen LogP contribution in [0.4, 0.5) is 0 Å². The van der Waals surface area contributed by atoms with Gasteiger partial charge in [-0.2, -0.15) is 5.10 Å². The van der Waals surface area contributed by atoms with Crippen LogP contribution in [-0.2, 0) is 29.1 Å². The van der Waals surface area contributed by atoms with Gasteiger partial charge in [0.15, 0.2) is 5.69 Å². The fourth-order valence-corrected chi connectivity index (χ4v) is 5.65. The van der Waals surface area contributed by atoms with Crippen LogP contribution in [0.15, 0.2) is 30.3 Å².